The molecular weight excluding hydrogens is 131 g/mol. The molecule has 0 saturated heterocycles. The molecule has 1 aromatic heterocycles. The summed E-state index contributed by atoms with van der Waals surface area (Å²) in [5.41, 5.74) is 5.72. The van der Waals surface area contributed by atoms with Crippen molar-refractivity contribution >= 4 is 11.8 Å². The van der Waals surface area contributed by atoms with Gasteiger partial charge >= 0.3 is 0 Å². The maximum Gasteiger partial charge on any atom is 0.236 e. The quantitative estimate of drug-likeness (QED) is 0.596. The summed E-state index contributed by atoms with van der Waals surface area (Å²) in [7, 11) is 0. The summed E-state index contributed by atoms with van der Waals surface area (Å²) in [4.78, 5) is 3.48. The molecule has 0 saturated carbocycles. The minimum Gasteiger partial charge on any atom is -0.395 e. The Labute approximate surface area is 58.2 Å². The first-order valence-electron chi connectivity index (χ1n) is 2.78. The van der Waals surface area contributed by atoms with E-state index in [1.165, 1.54) is 12.1 Å². The molecule has 1 aromatic rings. The monoisotopic (exact) mass is 138 g/mol. The van der Waals surface area contributed by atoms with Crippen molar-refractivity contribution in [3.8, 4) is 0 Å². The van der Waals surface area contributed by atoms with E-state index in [1.807, 2.05) is 0 Å². The summed E-state index contributed by atoms with van der Waals surface area (Å²) in [6.07, 6.45) is 1.46. The van der Waals surface area contributed by atoms with Crippen LogP contribution in [0.2, 0.25) is 0 Å². The minimum absolute atomic E-state index is 0.0607. The van der Waals surface area contributed by atoms with Gasteiger partial charge < -0.3 is 5.73 Å². The molecule has 2 N–H and O–H groups in total. The molecular formula is C7H7FN2. The third kappa shape index (κ3) is 1.13. The van der Waals surface area contributed by atoms with E-state index >= 15 is 0 Å². The molecule has 10 heavy (non-hydrogen) atoms. The van der Waals surface area contributed by atoms with Crippen LogP contribution >= 0.6 is 0 Å². The van der Waals surface area contributed by atoms with E-state index in [0.717, 1.165) is 0 Å². The zero-order valence-corrected chi connectivity index (χ0v) is 5.34. The number of pyridine rings is 1. The van der Waals surface area contributed by atoms with Gasteiger partial charge in [0, 0.05) is 0 Å². The number of anilines is 1. The van der Waals surface area contributed by atoms with E-state index in [4.69, 9.17) is 5.73 Å². The third-order valence-corrected chi connectivity index (χ3v) is 1.11. The van der Waals surface area contributed by atoms with Crippen LogP contribution in [0.15, 0.2) is 18.7 Å². The Morgan fingerprint density at radius 2 is 2.30 bits per heavy atom. The predicted molar refractivity (Wildman–Crippen MR) is 38.7 cm³/mol. The lowest BCUT2D eigenvalue weighted by molar-refractivity contribution is 0.588. The lowest BCUT2D eigenvalue weighted by Crippen LogP contribution is -1.94. The highest BCUT2D eigenvalue weighted by atomic mass is 19.1. The second-order valence-corrected chi connectivity index (χ2v) is 1.82. The Hall–Kier alpha value is -1.38. The topological polar surface area (TPSA) is 38.9 Å². The van der Waals surface area contributed by atoms with Crippen LogP contribution in [0.4, 0.5) is 10.1 Å². The van der Waals surface area contributed by atoms with E-state index in [-0.39, 0.29) is 5.69 Å². The second kappa shape index (κ2) is 2.47. The largest absolute Gasteiger partial charge is 0.395 e. The lowest BCUT2D eigenvalue weighted by Gasteiger charge is -1.94. The lowest BCUT2D eigenvalue weighted by atomic mass is 10.3. The van der Waals surface area contributed by atoms with Gasteiger partial charge in [0.15, 0.2) is 0 Å². The van der Waals surface area contributed by atoms with Gasteiger partial charge in [-0.3, -0.25) is 0 Å². The first kappa shape index (κ1) is 6.74. The van der Waals surface area contributed by atoms with Gasteiger partial charge in [0.05, 0.1) is 11.4 Å². The molecule has 52 valence electrons. The van der Waals surface area contributed by atoms with Gasteiger partial charge in [0.25, 0.3) is 0 Å². The molecule has 0 aliphatic heterocycles. The van der Waals surface area contributed by atoms with Crippen molar-refractivity contribution < 1.29 is 4.39 Å². The van der Waals surface area contributed by atoms with E-state index in [9.17, 15) is 4.39 Å². The normalized spacial score (nSPS) is 9.30. The van der Waals surface area contributed by atoms with Crippen LogP contribution < -0.4 is 5.73 Å². The Morgan fingerprint density at radius 1 is 1.60 bits per heavy atom. The Bertz CT molecular complexity index is 258. The number of nitrogens with two attached hydrogens (primary N) is 1. The Morgan fingerprint density at radius 3 is 2.80 bits per heavy atom. The van der Waals surface area contributed by atoms with Gasteiger partial charge in [-0.25, -0.2) is 4.98 Å². The summed E-state index contributed by atoms with van der Waals surface area (Å²) in [6.45, 7) is 3.43. The highest BCUT2D eigenvalue weighted by Gasteiger charge is 1.97. The molecule has 2 nitrogen and oxygen atoms in total. The highest BCUT2D eigenvalue weighted by Crippen LogP contribution is 2.07. The number of hydrogen-bond donors (Lipinski definition) is 1. The number of aromatic nitrogens is 1. The van der Waals surface area contributed by atoms with Crippen molar-refractivity contribution in [1.82, 2.24) is 4.98 Å². The van der Waals surface area contributed by atoms with E-state index in [1.54, 1.807) is 6.07 Å². The summed E-state index contributed by atoms with van der Waals surface area (Å²) >= 11 is 0. The molecule has 0 spiro atoms. The number of nitrogen functional groups attached to an aromatic ring is 1. The van der Waals surface area contributed by atoms with Crippen molar-refractivity contribution in [2.75, 3.05) is 5.73 Å². The van der Waals surface area contributed by atoms with Crippen LogP contribution in [0.1, 0.15) is 5.69 Å². The van der Waals surface area contributed by atoms with Gasteiger partial charge in [-0.15, -0.1) is 0 Å². The second-order valence-electron chi connectivity index (χ2n) is 1.82. The standard InChI is InChI=1S/C7H7FN2/c1-2-5-3-4-6(9)7(8)10-5/h2-4H,1,9H2. The van der Waals surface area contributed by atoms with Crippen molar-refractivity contribution in [2.24, 2.45) is 0 Å². The number of nitrogens with zero attached hydrogens (tertiary/aromatic N) is 1. The molecule has 1 heterocycles. The number of rotatable bonds is 1. The van der Waals surface area contributed by atoms with Crippen molar-refractivity contribution in [2.45, 2.75) is 0 Å². The van der Waals surface area contributed by atoms with E-state index in [0.29, 0.717) is 5.69 Å². The van der Waals surface area contributed by atoms with Crippen molar-refractivity contribution in [3.63, 3.8) is 0 Å². The summed E-state index contributed by atoms with van der Waals surface area (Å²) < 4.78 is 12.5. The SMILES string of the molecule is C=Cc1ccc(N)c(F)n1. The van der Waals surface area contributed by atoms with Gasteiger partial charge in [-0.1, -0.05) is 6.58 Å². The maximum absolute atomic E-state index is 12.5. The fraction of sp³-hybridized carbons (Fsp3) is 0. The van der Waals surface area contributed by atoms with Crippen LogP contribution in [0, 0.1) is 5.95 Å². The smallest absolute Gasteiger partial charge is 0.236 e. The zero-order chi connectivity index (χ0) is 7.56. The van der Waals surface area contributed by atoms with Crippen molar-refractivity contribution in [3.05, 3.63) is 30.4 Å². The summed E-state index contributed by atoms with van der Waals surface area (Å²) in [6, 6.07) is 3.06. The molecule has 0 unspecified atom stereocenters. The molecule has 0 aliphatic carbocycles. The molecule has 3 heteroatoms. The van der Waals surface area contributed by atoms with Crippen LogP contribution in [0.3, 0.4) is 0 Å². The molecule has 0 aromatic carbocycles. The average molecular weight is 138 g/mol. The summed E-state index contributed by atoms with van der Waals surface area (Å²) in [5, 5.41) is 0. The molecule has 1 rings (SSSR count). The first-order valence-corrected chi connectivity index (χ1v) is 2.78. The fourth-order valence-corrected chi connectivity index (χ4v) is 0.573. The van der Waals surface area contributed by atoms with E-state index in [2.05, 4.69) is 11.6 Å². The molecule has 0 aliphatic rings. The maximum atomic E-state index is 12.5. The van der Waals surface area contributed by atoms with Gasteiger partial charge in [0.1, 0.15) is 0 Å². The van der Waals surface area contributed by atoms with Gasteiger partial charge in [0.2, 0.25) is 5.95 Å². The van der Waals surface area contributed by atoms with Crippen LogP contribution in [-0.2, 0) is 0 Å². The summed E-state index contributed by atoms with van der Waals surface area (Å²) in [5.74, 6) is -0.641. The molecule has 0 atom stereocenters. The highest BCUT2D eigenvalue weighted by molar-refractivity contribution is 5.46. The number of hydrogen-bond acceptors (Lipinski definition) is 2. The molecule has 0 amide bonds. The molecule has 0 fully saturated rings. The average Bonchev–Trinajstić information content (AvgIpc) is 1.95. The van der Waals surface area contributed by atoms with Crippen LogP contribution in [-0.4, -0.2) is 4.98 Å². The van der Waals surface area contributed by atoms with Crippen LogP contribution in [0.25, 0.3) is 6.08 Å². The Kier molecular flexibility index (Phi) is 1.67. The fourth-order valence-electron chi connectivity index (χ4n) is 0.573. The molecule has 0 bridgehead atoms. The molecule has 0 radical (unpaired) electrons. The van der Waals surface area contributed by atoms with E-state index < -0.39 is 5.95 Å². The zero-order valence-electron chi connectivity index (χ0n) is 5.34. The van der Waals surface area contributed by atoms with Gasteiger partial charge in [-0.2, -0.15) is 4.39 Å². The first-order chi connectivity index (χ1) is 4.74. The minimum atomic E-state index is -0.641. The van der Waals surface area contributed by atoms with Crippen LogP contribution in [0.5, 0.6) is 0 Å². The van der Waals surface area contributed by atoms with Gasteiger partial charge in [-0.05, 0) is 18.2 Å². The third-order valence-electron chi connectivity index (χ3n) is 1.11. The predicted octanol–water partition coefficient (Wildman–Crippen LogP) is 1.45. The Balaban J connectivity index is 3.16. The van der Waals surface area contributed by atoms with Crippen molar-refractivity contribution in [1.29, 1.82) is 0 Å². The number of halogens is 1.